The lowest BCUT2D eigenvalue weighted by Crippen LogP contribution is -2.19. The van der Waals surface area contributed by atoms with Gasteiger partial charge in [0.15, 0.2) is 0 Å². The molecule has 7 heteroatoms. The lowest BCUT2D eigenvalue weighted by atomic mass is 10.2. The van der Waals surface area contributed by atoms with Gasteiger partial charge in [-0.1, -0.05) is 35.1 Å². The number of benzene rings is 1. The van der Waals surface area contributed by atoms with Crippen molar-refractivity contribution in [1.29, 1.82) is 0 Å². The zero-order chi connectivity index (χ0) is 13.7. The van der Waals surface area contributed by atoms with Gasteiger partial charge >= 0.3 is 0 Å². The summed E-state index contributed by atoms with van der Waals surface area (Å²) in [5.74, 6) is -0.190. The molecule has 0 spiro atoms. The monoisotopic (exact) mass is 259 g/mol. The van der Waals surface area contributed by atoms with E-state index in [2.05, 4.69) is 20.7 Å². The van der Waals surface area contributed by atoms with Gasteiger partial charge in [-0.05, 0) is 10.8 Å². The van der Waals surface area contributed by atoms with Crippen LogP contribution >= 0.6 is 0 Å². The van der Waals surface area contributed by atoms with Gasteiger partial charge in [0.25, 0.3) is 11.8 Å². The highest BCUT2D eigenvalue weighted by Crippen LogP contribution is 2.14. The van der Waals surface area contributed by atoms with Gasteiger partial charge in [-0.25, -0.2) is 0 Å². The molecule has 1 amide bonds. The Labute approximate surface area is 109 Å². The first-order valence-corrected chi connectivity index (χ1v) is 5.57. The molecule has 1 heterocycles. The van der Waals surface area contributed by atoms with Crippen LogP contribution in [0.25, 0.3) is 0 Å². The summed E-state index contributed by atoms with van der Waals surface area (Å²) in [5, 5.41) is 14.0. The van der Waals surface area contributed by atoms with Crippen molar-refractivity contribution in [2.75, 3.05) is 14.2 Å². The van der Waals surface area contributed by atoms with Crippen LogP contribution < -0.4 is 10.1 Å². The maximum atomic E-state index is 11.5. The summed E-state index contributed by atoms with van der Waals surface area (Å²) in [6, 6.07) is 9.50. The van der Waals surface area contributed by atoms with E-state index < -0.39 is 0 Å². The number of aromatic nitrogens is 3. The van der Waals surface area contributed by atoms with E-state index in [1.165, 1.54) is 14.2 Å². The third kappa shape index (κ3) is 2.76. The van der Waals surface area contributed by atoms with Crippen LogP contribution in [0.4, 0.5) is 0 Å². The van der Waals surface area contributed by atoms with Crippen molar-refractivity contribution in [3.63, 3.8) is 0 Å². The molecule has 0 saturated carbocycles. The fourth-order valence-electron chi connectivity index (χ4n) is 1.44. The molecule has 98 valence electrons. The number of carbonyl (C=O) groups excluding carboxylic acids is 1. The van der Waals surface area contributed by atoms with Crippen LogP contribution in [0.1, 0.15) is 16.1 Å². The molecule has 0 radical (unpaired) electrons. The Hall–Kier alpha value is -2.70. The molecule has 7 nitrogen and oxygen atoms in total. The predicted octanol–water partition coefficient (Wildman–Crippen LogP) is 0.528. The summed E-state index contributed by atoms with van der Waals surface area (Å²) in [6.45, 7) is 0. The van der Waals surface area contributed by atoms with Gasteiger partial charge in [-0.3, -0.25) is 4.79 Å². The van der Waals surface area contributed by atoms with Crippen LogP contribution in [-0.4, -0.2) is 41.4 Å². The quantitative estimate of drug-likeness (QED) is 0.812. The van der Waals surface area contributed by atoms with Crippen molar-refractivity contribution >= 4 is 12.1 Å². The summed E-state index contributed by atoms with van der Waals surface area (Å²) >= 11 is 0. The number of hydrogen-bond donors (Lipinski definition) is 1. The van der Waals surface area contributed by atoms with Crippen LogP contribution in [0.5, 0.6) is 5.88 Å². The van der Waals surface area contributed by atoms with E-state index in [1.54, 1.807) is 6.21 Å². The number of methoxy groups -OCH3 is 1. The molecule has 2 rings (SSSR count). The maximum Gasteiger partial charge on any atom is 0.277 e. The molecule has 0 aliphatic rings. The van der Waals surface area contributed by atoms with Crippen LogP contribution in [0.3, 0.4) is 0 Å². The fraction of sp³-hybridized carbons (Fsp3) is 0.167. The molecule has 0 aliphatic heterocycles. The van der Waals surface area contributed by atoms with Crippen molar-refractivity contribution in [2.45, 2.75) is 0 Å². The van der Waals surface area contributed by atoms with E-state index in [0.29, 0.717) is 0 Å². The molecule has 0 aliphatic carbocycles. The minimum absolute atomic E-state index is 0.0928. The number of ether oxygens (including phenoxy) is 1. The molecule has 0 fully saturated rings. The first-order chi connectivity index (χ1) is 9.26. The van der Waals surface area contributed by atoms with E-state index in [-0.39, 0.29) is 17.5 Å². The normalized spacial score (nSPS) is 10.6. The lowest BCUT2D eigenvalue weighted by Gasteiger charge is -2.00. The van der Waals surface area contributed by atoms with Gasteiger partial charge in [0.2, 0.25) is 5.69 Å². The molecule has 0 saturated heterocycles. The number of hydrogen-bond acceptors (Lipinski definition) is 5. The first-order valence-electron chi connectivity index (χ1n) is 5.57. The van der Waals surface area contributed by atoms with Gasteiger partial charge in [-0.15, -0.1) is 5.10 Å². The van der Waals surface area contributed by atoms with E-state index >= 15 is 0 Å². The zero-order valence-electron chi connectivity index (χ0n) is 10.6. The highest BCUT2D eigenvalue weighted by molar-refractivity contribution is 5.94. The minimum atomic E-state index is -0.377. The Balaban J connectivity index is 2.29. The third-order valence-corrected chi connectivity index (χ3v) is 2.36. The fourth-order valence-corrected chi connectivity index (χ4v) is 1.44. The molecule has 0 atom stereocenters. The standard InChI is InChI=1S/C12H13N5O2/c1-13-11(18)10-12(19-2)17(16-15-10)14-8-9-6-4-3-5-7-9/h3-8H,1-2H3,(H,13,18)/b14-8+. The molecular formula is C12H13N5O2. The Kier molecular flexibility index (Phi) is 3.87. The topological polar surface area (TPSA) is 81.4 Å². The van der Waals surface area contributed by atoms with E-state index in [0.717, 1.165) is 10.4 Å². The van der Waals surface area contributed by atoms with Crippen LogP contribution in [0.2, 0.25) is 0 Å². The molecular weight excluding hydrogens is 246 g/mol. The Morgan fingerprint density at radius 3 is 2.79 bits per heavy atom. The number of rotatable bonds is 4. The molecule has 1 N–H and O–H groups in total. The van der Waals surface area contributed by atoms with Crippen LogP contribution in [-0.2, 0) is 0 Å². The zero-order valence-corrected chi connectivity index (χ0v) is 10.6. The van der Waals surface area contributed by atoms with E-state index in [4.69, 9.17) is 4.74 Å². The number of amides is 1. The van der Waals surface area contributed by atoms with Gasteiger partial charge in [0.05, 0.1) is 13.3 Å². The van der Waals surface area contributed by atoms with Crippen molar-refractivity contribution < 1.29 is 9.53 Å². The van der Waals surface area contributed by atoms with E-state index in [9.17, 15) is 4.79 Å². The maximum absolute atomic E-state index is 11.5. The summed E-state index contributed by atoms with van der Waals surface area (Å²) in [7, 11) is 2.94. The second kappa shape index (κ2) is 5.76. The van der Waals surface area contributed by atoms with Crippen molar-refractivity contribution in [2.24, 2.45) is 5.10 Å². The number of nitrogens with zero attached hydrogens (tertiary/aromatic N) is 4. The molecule has 1 aromatic heterocycles. The Bertz CT molecular complexity index is 591. The molecule has 0 unspecified atom stereocenters. The summed E-state index contributed by atoms with van der Waals surface area (Å²) in [5.41, 5.74) is 0.997. The highest BCUT2D eigenvalue weighted by Gasteiger charge is 2.19. The second-order valence-electron chi connectivity index (χ2n) is 3.57. The van der Waals surface area contributed by atoms with E-state index in [1.807, 2.05) is 30.3 Å². The number of nitrogens with one attached hydrogen (secondary N) is 1. The second-order valence-corrected chi connectivity index (χ2v) is 3.57. The average Bonchev–Trinajstić information content (AvgIpc) is 2.88. The molecule has 19 heavy (non-hydrogen) atoms. The van der Waals surface area contributed by atoms with Crippen LogP contribution in [0.15, 0.2) is 35.4 Å². The largest absolute Gasteiger partial charge is 0.478 e. The summed E-state index contributed by atoms with van der Waals surface area (Å²) in [4.78, 5) is 12.7. The lowest BCUT2D eigenvalue weighted by molar-refractivity contribution is 0.0954. The first kappa shape index (κ1) is 12.7. The molecule has 0 bridgehead atoms. The van der Waals surface area contributed by atoms with Gasteiger partial charge in [-0.2, -0.15) is 5.10 Å². The van der Waals surface area contributed by atoms with Crippen LogP contribution in [0, 0.1) is 0 Å². The summed E-state index contributed by atoms with van der Waals surface area (Å²) < 4.78 is 5.09. The highest BCUT2D eigenvalue weighted by atomic mass is 16.5. The van der Waals surface area contributed by atoms with Crippen molar-refractivity contribution in [3.8, 4) is 5.88 Å². The van der Waals surface area contributed by atoms with Crippen molar-refractivity contribution in [3.05, 3.63) is 41.6 Å². The van der Waals surface area contributed by atoms with Gasteiger partial charge in [0, 0.05) is 7.05 Å². The summed E-state index contributed by atoms with van der Waals surface area (Å²) in [6.07, 6.45) is 1.60. The molecule has 2 aromatic rings. The molecule has 1 aromatic carbocycles. The SMILES string of the molecule is CNC(=O)c1nnn(/N=C/c2ccccc2)c1OC. The third-order valence-electron chi connectivity index (χ3n) is 2.36. The minimum Gasteiger partial charge on any atom is -0.478 e. The van der Waals surface area contributed by atoms with Gasteiger partial charge in [0.1, 0.15) is 0 Å². The predicted molar refractivity (Wildman–Crippen MR) is 69.4 cm³/mol. The smallest absolute Gasteiger partial charge is 0.277 e. The number of carbonyl (C=O) groups is 1. The average molecular weight is 259 g/mol. The van der Waals surface area contributed by atoms with Gasteiger partial charge < -0.3 is 10.1 Å². The van der Waals surface area contributed by atoms with Crippen molar-refractivity contribution in [1.82, 2.24) is 20.4 Å². The Morgan fingerprint density at radius 1 is 1.42 bits per heavy atom. The Morgan fingerprint density at radius 2 is 2.16 bits per heavy atom.